The van der Waals surface area contributed by atoms with Crippen molar-refractivity contribution in [3.8, 4) is 5.75 Å². The minimum absolute atomic E-state index is 0.0222. The van der Waals surface area contributed by atoms with Gasteiger partial charge in [-0.2, -0.15) is 12.6 Å². The molecular formula is C22H24BrNO6S. The third-order valence-corrected chi connectivity index (χ3v) is 5.30. The Bertz CT molecular complexity index is 934. The minimum atomic E-state index is -0.802. The number of ketones is 1. The number of phenols is 1. The van der Waals surface area contributed by atoms with Crippen LogP contribution in [-0.4, -0.2) is 35.3 Å². The Labute approximate surface area is 194 Å². The maximum Gasteiger partial charge on any atom is 0.412 e. The van der Waals surface area contributed by atoms with E-state index in [1.165, 1.54) is 13.0 Å². The first-order chi connectivity index (χ1) is 14.7. The number of rotatable bonds is 9. The molecule has 0 aliphatic heterocycles. The van der Waals surface area contributed by atoms with Crippen molar-refractivity contribution in [2.24, 2.45) is 5.92 Å². The molecule has 166 valence electrons. The molecule has 0 heterocycles. The van der Waals surface area contributed by atoms with Crippen LogP contribution < -0.4 is 5.32 Å². The molecule has 0 aliphatic carbocycles. The Balaban J connectivity index is 2.15. The molecule has 2 aromatic rings. The van der Waals surface area contributed by atoms with Gasteiger partial charge in [-0.15, -0.1) is 0 Å². The molecule has 31 heavy (non-hydrogen) atoms. The van der Waals surface area contributed by atoms with Gasteiger partial charge in [0.15, 0.2) is 5.78 Å². The maximum absolute atomic E-state index is 12.6. The van der Waals surface area contributed by atoms with Crippen LogP contribution in [0.15, 0.2) is 46.9 Å². The molecule has 1 amide bonds. The predicted molar refractivity (Wildman–Crippen MR) is 124 cm³/mol. The fourth-order valence-corrected chi connectivity index (χ4v) is 3.32. The summed E-state index contributed by atoms with van der Waals surface area (Å²) in [6.45, 7) is 3.42. The molecule has 0 fully saturated rings. The molecule has 0 aromatic heterocycles. The van der Waals surface area contributed by atoms with Crippen LogP contribution in [0.2, 0.25) is 0 Å². The zero-order valence-corrected chi connectivity index (χ0v) is 19.6. The third kappa shape index (κ3) is 7.59. The first-order valence-electron chi connectivity index (χ1n) is 9.54. The number of amides is 1. The summed E-state index contributed by atoms with van der Waals surface area (Å²) >= 11 is 7.22. The molecule has 9 heteroatoms. The molecule has 2 rings (SSSR count). The number of phenolic OH excluding ortho intramolecular Hbond substituents is 1. The number of Topliss-reactive ketones (excluding diaryl/α,β-unsaturated/α-hetero) is 1. The van der Waals surface area contributed by atoms with E-state index < -0.39 is 18.2 Å². The number of nitrogens with one attached hydrogen (secondary N) is 1. The van der Waals surface area contributed by atoms with Crippen LogP contribution in [0, 0.1) is 5.92 Å². The summed E-state index contributed by atoms with van der Waals surface area (Å²) in [5.74, 6) is -0.840. The Hall–Kier alpha value is -2.52. The first kappa shape index (κ1) is 24.7. The van der Waals surface area contributed by atoms with Crippen molar-refractivity contribution in [3.05, 3.63) is 58.1 Å². The summed E-state index contributed by atoms with van der Waals surface area (Å²) in [5, 5.41) is 13.0. The van der Waals surface area contributed by atoms with Gasteiger partial charge in [-0.1, -0.05) is 22.9 Å². The van der Waals surface area contributed by atoms with E-state index in [0.717, 1.165) is 0 Å². The van der Waals surface area contributed by atoms with Crippen molar-refractivity contribution < 1.29 is 29.0 Å². The van der Waals surface area contributed by atoms with Crippen LogP contribution in [0.3, 0.4) is 0 Å². The second kappa shape index (κ2) is 11.8. The number of anilines is 1. The molecular weight excluding hydrogens is 486 g/mol. The monoisotopic (exact) mass is 509 g/mol. The van der Waals surface area contributed by atoms with Gasteiger partial charge in [-0.3, -0.25) is 14.9 Å². The summed E-state index contributed by atoms with van der Waals surface area (Å²) in [6.07, 6.45) is -1.13. The quantitative estimate of drug-likeness (QED) is 0.245. The SMILES string of the molecule is CC(=O)c1ccc(NC(=O)O[C@H](c2cc(Br)ccc2O)[C@@H](C)CCOC(=O)CS)cc1. The van der Waals surface area contributed by atoms with Crippen LogP contribution in [0.4, 0.5) is 10.5 Å². The lowest BCUT2D eigenvalue weighted by molar-refractivity contribution is -0.141. The zero-order valence-electron chi connectivity index (χ0n) is 17.1. The molecule has 0 saturated carbocycles. The number of esters is 1. The Morgan fingerprint density at radius 1 is 1.16 bits per heavy atom. The average molecular weight is 510 g/mol. The van der Waals surface area contributed by atoms with Crippen molar-refractivity contribution in [1.82, 2.24) is 0 Å². The van der Waals surface area contributed by atoms with Gasteiger partial charge >= 0.3 is 12.1 Å². The van der Waals surface area contributed by atoms with Crippen molar-refractivity contribution in [3.63, 3.8) is 0 Å². The van der Waals surface area contributed by atoms with Crippen molar-refractivity contribution in [2.75, 3.05) is 17.7 Å². The van der Waals surface area contributed by atoms with Crippen LogP contribution in [0.1, 0.15) is 42.3 Å². The van der Waals surface area contributed by atoms with Crippen LogP contribution in [-0.2, 0) is 14.3 Å². The second-order valence-corrected chi connectivity index (χ2v) is 8.16. The predicted octanol–water partition coefficient (Wildman–Crippen LogP) is 5.15. The lowest BCUT2D eigenvalue weighted by Crippen LogP contribution is -2.23. The van der Waals surface area contributed by atoms with E-state index in [1.807, 2.05) is 6.92 Å². The highest BCUT2D eigenvalue weighted by Crippen LogP contribution is 2.36. The van der Waals surface area contributed by atoms with Gasteiger partial charge in [-0.05, 0) is 55.8 Å². The van der Waals surface area contributed by atoms with Crippen molar-refractivity contribution in [1.29, 1.82) is 0 Å². The molecule has 0 bridgehead atoms. The van der Waals surface area contributed by atoms with E-state index in [9.17, 15) is 19.5 Å². The van der Waals surface area contributed by atoms with Gasteiger partial charge < -0.3 is 14.6 Å². The molecule has 2 N–H and O–H groups in total. The summed E-state index contributed by atoms with van der Waals surface area (Å²) in [6, 6.07) is 11.3. The summed E-state index contributed by atoms with van der Waals surface area (Å²) in [4.78, 5) is 35.3. The summed E-state index contributed by atoms with van der Waals surface area (Å²) in [5.41, 5.74) is 1.41. The van der Waals surface area contributed by atoms with Crippen LogP contribution >= 0.6 is 28.6 Å². The number of thiol groups is 1. The van der Waals surface area contributed by atoms with Gasteiger partial charge in [0.25, 0.3) is 0 Å². The normalized spacial score (nSPS) is 12.5. The number of hydrogen-bond acceptors (Lipinski definition) is 7. The largest absolute Gasteiger partial charge is 0.508 e. The lowest BCUT2D eigenvalue weighted by Gasteiger charge is -2.25. The standard InChI is InChI=1S/C22H24BrNO6S/c1-13(9-10-29-20(27)12-31)21(18-11-16(23)5-8-19(18)26)30-22(28)24-17-6-3-15(4-7-17)14(2)25/h3-8,11,13,21,26,31H,9-10,12H2,1-2H3,(H,24,28)/t13-,21-/m0/s1. The summed E-state index contributed by atoms with van der Waals surface area (Å²) in [7, 11) is 0. The molecule has 7 nitrogen and oxygen atoms in total. The summed E-state index contributed by atoms with van der Waals surface area (Å²) < 4.78 is 11.4. The van der Waals surface area contributed by atoms with Crippen molar-refractivity contribution >= 4 is 52.1 Å². The number of aromatic hydroxyl groups is 1. The number of halogens is 1. The average Bonchev–Trinajstić information content (AvgIpc) is 2.74. The van der Waals surface area contributed by atoms with Gasteiger partial charge in [0, 0.05) is 27.2 Å². The topological polar surface area (TPSA) is 102 Å². The highest BCUT2D eigenvalue weighted by molar-refractivity contribution is 9.10. The second-order valence-electron chi connectivity index (χ2n) is 6.93. The molecule has 2 aromatic carbocycles. The number of carbonyl (C=O) groups excluding carboxylic acids is 3. The molecule has 0 saturated heterocycles. The highest BCUT2D eigenvalue weighted by Gasteiger charge is 2.27. The van der Waals surface area contributed by atoms with Crippen LogP contribution in [0.5, 0.6) is 5.75 Å². The Kier molecular flexibility index (Phi) is 9.39. The van der Waals surface area contributed by atoms with Gasteiger partial charge in [0.05, 0.1) is 12.4 Å². The fourth-order valence-electron chi connectivity index (χ4n) is 2.85. The van der Waals surface area contributed by atoms with Crippen LogP contribution in [0.25, 0.3) is 0 Å². The first-order valence-corrected chi connectivity index (χ1v) is 11.0. The number of ether oxygens (including phenoxy) is 2. The fraction of sp³-hybridized carbons (Fsp3) is 0.318. The molecule has 0 aliphatic rings. The zero-order chi connectivity index (χ0) is 23.0. The molecule has 2 atom stereocenters. The lowest BCUT2D eigenvalue weighted by atomic mass is 9.94. The van der Waals surface area contributed by atoms with E-state index in [-0.39, 0.29) is 29.8 Å². The van der Waals surface area contributed by atoms with E-state index in [1.54, 1.807) is 36.4 Å². The van der Waals surface area contributed by atoms with E-state index in [0.29, 0.717) is 27.7 Å². The van der Waals surface area contributed by atoms with Gasteiger partial charge in [0.2, 0.25) is 0 Å². The number of hydrogen-bond donors (Lipinski definition) is 3. The highest BCUT2D eigenvalue weighted by atomic mass is 79.9. The number of benzene rings is 2. The van der Waals surface area contributed by atoms with E-state index in [4.69, 9.17) is 9.47 Å². The number of carbonyl (C=O) groups is 3. The molecule has 0 spiro atoms. The Morgan fingerprint density at radius 3 is 2.45 bits per heavy atom. The molecule has 0 unspecified atom stereocenters. The maximum atomic E-state index is 12.6. The minimum Gasteiger partial charge on any atom is -0.508 e. The van der Waals surface area contributed by atoms with E-state index >= 15 is 0 Å². The smallest absolute Gasteiger partial charge is 0.412 e. The molecule has 0 radical (unpaired) electrons. The third-order valence-electron chi connectivity index (χ3n) is 4.55. The van der Waals surface area contributed by atoms with Crippen molar-refractivity contribution in [2.45, 2.75) is 26.4 Å². The van der Waals surface area contributed by atoms with E-state index in [2.05, 4.69) is 33.9 Å². The van der Waals surface area contributed by atoms with Gasteiger partial charge in [-0.25, -0.2) is 4.79 Å². The Morgan fingerprint density at radius 2 is 1.84 bits per heavy atom. The van der Waals surface area contributed by atoms with Gasteiger partial charge in [0.1, 0.15) is 11.9 Å².